The number of nitrogens with zero attached hydrogens (tertiary/aromatic N) is 2. The quantitative estimate of drug-likeness (QED) is 0.913. The molecule has 0 aliphatic heterocycles. The van der Waals surface area contributed by atoms with Gasteiger partial charge in [0.05, 0.1) is 16.9 Å². The molecule has 0 radical (unpaired) electrons. The number of rotatable bonds is 5. The smallest absolute Gasteiger partial charge is 0.123 e. The van der Waals surface area contributed by atoms with Crippen LogP contribution in [0.2, 0.25) is 5.02 Å². The maximum absolute atomic E-state index is 13.1. The van der Waals surface area contributed by atoms with Crippen LogP contribution in [0.5, 0.6) is 0 Å². The van der Waals surface area contributed by atoms with E-state index in [9.17, 15) is 9.50 Å². The third-order valence-corrected chi connectivity index (χ3v) is 3.19. The number of benzene rings is 1. The summed E-state index contributed by atoms with van der Waals surface area (Å²) in [6.45, 7) is 2.72. The number of aliphatic hydroxyl groups is 1. The second kappa shape index (κ2) is 6.17. The average molecular weight is 283 g/mol. The van der Waals surface area contributed by atoms with E-state index in [1.165, 1.54) is 18.3 Å². The van der Waals surface area contributed by atoms with Gasteiger partial charge in [0.25, 0.3) is 0 Å². The van der Waals surface area contributed by atoms with E-state index in [0.717, 1.165) is 12.0 Å². The number of aromatic nitrogens is 2. The Bertz CT molecular complexity index is 556. The first kappa shape index (κ1) is 14.0. The Morgan fingerprint density at radius 2 is 2.26 bits per heavy atom. The van der Waals surface area contributed by atoms with Crippen LogP contribution in [0.25, 0.3) is 0 Å². The summed E-state index contributed by atoms with van der Waals surface area (Å²) in [7, 11) is 0. The van der Waals surface area contributed by atoms with Crippen molar-refractivity contribution in [1.29, 1.82) is 0 Å². The molecule has 0 saturated carbocycles. The molecule has 0 spiro atoms. The van der Waals surface area contributed by atoms with Crippen molar-refractivity contribution in [2.24, 2.45) is 0 Å². The van der Waals surface area contributed by atoms with Crippen molar-refractivity contribution in [3.63, 3.8) is 0 Å². The lowest BCUT2D eigenvalue weighted by atomic mass is 10.1. The highest BCUT2D eigenvalue weighted by Gasteiger charge is 2.18. The van der Waals surface area contributed by atoms with E-state index in [0.29, 0.717) is 23.7 Å². The number of hydrogen-bond donors (Lipinski definition) is 1. The molecule has 19 heavy (non-hydrogen) atoms. The predicted octanol–water partition coefficient (Wildman–Crippen LogP) is 3.36. The Labute approximate surface area is 116 Å². The Morgan fingerprint density at radius 1 is 1.47 bits per heavy atom. The van der Waals surface area contributed by atoms with Gasteiger partial charge in [-0.15, -0.1) is 0 Å². The van der Waals surface area contributed by atoms with E-state index in [1.54, 1.807) is 16.8 Å². The predicted molar refractivity (Wildman–Crippen MR) is 72.6 cm³/mol. The minimum absolute atomic E-state index is 0.308. The van der Waals surface area contributed by atoms with Gasteiger partial charge in [-0.3, -0.25) is 4.68 Å². The maximum atomic E-state index is 13.1. The van der Waals surface area contributed by atoms with Crippen LogP contribution in [-0.2, 0) is 13.0 Å². The van der Waals surface area contributed by atoms with E-state index in [-0.39, 0.29) is 5.82 Å². The molecule has 0 saturated heterocycles. The Kier molecular flexibility index (Phi) is 4.56. The SMILES string of the molecule is CCCn1ncc(Cl)c1C(O)Cc1cccc(F)c1. The molecule has 1 unspecified atom stereocenters. The topological polar surface area (TPSA) is 38.0 Å². The zero-order valence-electron chi connectivity index (χ0n) is 10.7. The van der Waals surface area contributed by atoms with Crippen LogP contribution >= 0.6 is 11.6 Å². The number of aryl methyl sites for hydroxylation is 1. The molecule has 102 valence electrons. The van der Waals surface area contributed by atoms with Gasteiger partial charge in [-0.1, -0.05) is 30.7 Å². The Hall–Kier alpha value is -1.39. The minimum Gasteiger partial charge on any atom is -0.386 e. The molecule has 1 N–H and O–H groups in total. The van der Waals surface area contributed by atoms with Crippen molar-refractivity contribution >= 4 is 11.6 Å². The van der Waals surface area contributed by atoms with Crippen molar-refractivity contribution in [3.8, 4) is 0 Å². The molecule has 0 amide bonds. The van der Waals surface area contributed by atoms with Gasteiger partial charge in [0.1, 0.15) is 11.9 Å². The summed E-state index contributed by atoms with van der Waals surface area (Å²) in [6, 6.07) is 6.20. The standard InChI is InChI=1S/C14H16ClFN2O/c1-2-6-18-14(12(15)9-17-18)13(19)8-10-4-3-5-11(16)7-10/h3-5,7,9,13,19H,2,6,8H2,1H3. The molecule has 1 atom stereocenters. The summed E-state index contributed by atoms with van der Waals surface area (Å²) in [4.78, 5) is 0. The van der Waals surface area contributed by atoms with E-state index in [4.69, 9.17) is 11.6 Å². The van der Waals surface area contributed by atoms with E-state index >= 15 is 0 Å². The van der Waals surface area contributed by atoms with Gasteiger partial charge in [-0.05, 0) is 24.1 Å². The molecule has 1 heterocycles. The largest absolute Gasteiger partial charge is 0.386 e. The molecule has 1 aromatic carbocycles. The van der Waals surface area contributed by atoms with Gasteiger partial charge in [0.2, 0.25) is 0 Å². The fourth-order valence-corrected chi connectivity index (χ4v) is 2.34. The minimum atomic E-state index is -0.789. The first-order valence-electron chi connectivity index (χ1n) is 6.25. The lowest BCUT2D eigenvalue weighted by molar-refractivity contribution is 0.166. The average Bonchev–Trinajstić information content (AvgIpc) is 2.71. The normalized spacial score (nSPS) is 12.6. The second-order valence-corrected chi connectivity index (χ2v) is 4.86. The van der Waals surface area contributed by atoms with Crippen molar-refractivity contribution in [1.82, 2.24) is 9.78 Å². The summed E-state index contributed by atoms with van der Waals surface area (Å²) in [5, 5.41) is 14.9. The molecule has 2 aromatic rings. The van der Waals surface area contributed by atoms with Crippen LogP contribution in [0.3, 0.4) is 0 Å². The van der Waals surface area contributed by atoms with Gasteiger partial charge in [0, 0.05) is 13.0 Å². The molecule has 3 nitrogen and oxygen atoms in total. The molecule has 2 rings (SSSR count). The number of hydrogen-bond acceptors (Lipinski definition) is 2. The zero-order chi connectivity index (χ0) is 13.8. The maximum Gasteiger partial charge on any atom is 0.123 e. The van der Waals surface area contributed by atoms with Gasteiger partial charge in [0.15, 0.2) is 0 Å². The molecule has 5 heteroatoms. The highest BCUT2D eigenvalue weighted by atomic mass is 35.5. The molecular weight excluding hydrogens is 267 g/mol. The van der Waals surface area contributed by atoms with Gasteiger partial charge >= 0.3 is 0 Å². The fourth-order valence-electron chi connectivity index (χ4n) is 2.08. The summed E-state index contributed by atoms with van der Waals surface area (Å²) < 4.78 is 14.8. The van der Waals surface area contributed by atoms with E-state index in [1.807, 2.05) is 6.92 Å². The van der Waals surface area contributed by atoms with Crippen LogP contribution in [0.15, 0.2) is 30.5 Å². The van der Waals surface area contributed by atoms with Crippen molar-refractivity contribution in [3.05, 3.63) is 52.6 Å². The van der Waals surface area contributed by atoms with Crippen LogP contribution in [-0.4, -0.2) is 14.9 Å². The summed E-state index contributed by atoms with van der Waals surface area (Å²) in [5.41, 5.74) is 1.32. The fraction of sp³-hybridized carbons (Fsp3) is 0.357. The van der Waals surface area contributed by atoms with Crippen molar-refractivity contribution < 1.29 is 9.50 Å². The van der Waals surface area contributed by atoms with Crippen LogP contribution in [0, 0.1) is 5.82 Å². The van der Waals surface area contributed by atoms with Gasteiger partial charge in [-0.25, -0.2) is 4.39 Å². The first-order chi connectivity index (χ1) is 9.11. The third-order valence-electron chi connectivity index (χ3n) is 2.90. The molecular formula is C14H16ClFN2O. The lowest BCUT2D eigenvalue weighted by Gasteiger charge is -2.14. The van der Waals surface area contributed by atoms with E-state index < -0.39 is 6.10 Å². The third kappa shape index (κ3) is 3.33. The van der Waals surface area contributed by atoms with Crippen molar-refractivity contribution in [2.45, 2.75) is 32.4 Å². The highest BCUT2D eigenvalue weighted by molar-refractivity contribution is 6.31. The van der Waals surface area contributed by atoms with E-state index in [2.05, 4.69) is 5.10 Å². The summed E-state index contributed by atoms with van der Waals surface area (Å²) >= 11 is 6.06. The monoisotopic (exact) mass is 282 g/mol. The first-order valence-corrected chi connectivity index (χ1v) is 6.63. The molecule has 1 aromatic heterocycles. The Balaban J connectivity index is 2.20. The van der Waals surface area contributed by atoms with Crippen LogP contribution in [0.4, 0.5) is 4.39 Å². The number of halogens is 2. The van der Waals surface area contributed by atoms with Crippen LogP contribution in [0.1, 0.15) is 30.7 Å². The Morgan fingerprint density at radius 3 is 2.95 bits per heavy atom. The van der Waals surface area contributed by atoms with Crippen LogP contribution < -0.4 is 0 Å². The van der Waals surface area contributed by atoms with Gasteiger partial charge < -0.3 is 5.11 Å². The zero-order valence-corrected chi connectivity index (χ0v) is 11.4. The lowest BCUT2D eigenvalue weighted by Crippen LogP contribution is -2.11. The second-order valence-electron chi connectivity index (χ2n) is 4.45. The van der Waals surface area contributed by atoms with Gasteiger partial charge in [-0.2, -0.15) is 5.10 Å². The summed E-state index contributed by atoms with van der Waals surface area (Å²) in [5.74, 6) is -0.308. The summed E-state index contributed by atoms with van der Waals surface area (Å²) in [6.07, 6.45) is 1.95. The molecule has 0 aliphatic carbocycles. The number of aliphatic hydroxyl groups excluding tert-OH is 1. The van der Waals surface area contributed by atoms with Crippen molar-refractivity contribution in [2.75, 3.05) is 0 Å². The highest BCUT2D eigenvalue weighted by Crippen LogP contribution is 2.26. The molecule has 0 aliphatic rings. The molecule has 0 fully saturated rings. The molecule has 0 bridgehead atoms.